The second-order valence-corrected chi connectivity index (χ2v) is 6.08. The summed E-state index contributed by atoms with van der Waals surface area (Å²) in [7, 11) is 0. The van der Waals surface area contributed by atoms with Gasteiger partial charge in [-0.15, -0.1) is 0 Å². The van der Waals surface area contributed by atoms with Crippen molar-refractivity contribution >= 4 is 16.6 Å². The van der Waals surface area contributed by atoms with Crippen LogP contribution in [0.25, 0.3) is 10.9 Å². The lowest BCUT2D eigenvalue weighted by Crippen LogP contribution is -2.48. The third-order valence-corrected chi connectivity index (χ3v) is 4.35. The number of piperazine rings is 1. The maximum Gasteiger partial charge on any atom is 0.213 e. The number of benzene rings is 1. The van der Waals surface area contributed by atoms with Gasteiger partial charge in [-0.1, -0.05) is 0 Å². The van der Waals surface area contributed by atoms with E-state index in [0.717, 1.165) is 31.7 Å². The van der Waals surface area contributed by atoms with E-state index < -0.39 is 0 Å². The summed E-state index contributed by atoms with van der Waals surface area (Å²) < 4.78 is 5.47. The Morgan fingerprint density at radius 1 is 1.09 bits per heavy atom. The summed E-state index contributed by atoms with van der Waals surface area (Å²) in [6.07, 6.45) is 0. The van der Waals surface area contributed by atoms with Crippen LogP contribution in [0.4, 0.5) is 5.69 Å². The Bertz CT molecular complexity index is 633. The average Bonchev–Trinajstić information content (AvgIpc) is 2.55. The lowest BCUT2D eigenvalue weighted by Gasteiger charge is -2.38. The molecule has 3 rings (SSSR count). The van der Waals surface area contributed by atoms with Gasteiger partial charge in [-0.2, -0.15) is 0 Å². The van der Waals surface area contributed by atoms with Gasteiger partial charge in [0.1, 0.15) is 0 Å². The largest absolute Gasteiger partial charge is 0.478 e. The highest BCUT2D eigenvalue weighted by molar-refractivity contribution is 5.83. The highest BCUT2D eigenvalue weighted by Crippen LogP contribution is 2.24. The molecule has 1 aliphatic heterocycles. The molecule has 1 saturated heterocycles. The van der Waals surface area contributed by atoms with Crippen molar-refractivity contribution in [1.29, 1.82) is 0 Å². The average molecular weight is 299 g/mol. The molecule has 0 spiro atoms. The first-order chi connectivity index (χ1) is 10.7. The molecular formula is C18H25N3O. The van der Waals surface area contributed by atoms with E-state index in [1.165, 1.54) is 11.1 Å². The van der Waals surface area contributed by atoms with Crippen molar-refractivity contribution in [2.45, 2.75) is 26.8 Å². The first kappa shape index (κ1) is 15.1. The van der Waals surface area contributed by atoms with Gasteiger partial charge in [0.25, 0.3) is 0 Å². The fourth-order valence-electron chi connectivity index (χ4n) is 3.02. The highest BCUT2D eigenvalue weighted by Gasteiger charge is 2.19. The smallest absolute Gasteiger partial charge is 0.213 e. The molecule has 0 radical (unpaired) electrons. The first-order valence-corrected chi connectivity index (χ1v) is 8.20. The highest BCUT2D eigenvalue weighted by atomic mass is 16.5. The summed E-state index contributed by atoms with van der Waals surface area (Å²) in [5, 5.41) is 1.17. The van der Waals surface area contributed by atoms with Gasteiger partial charge in [0.15, 0.2) is 0 Å². The molecule has 0 unspecified atom stereocenters. The van der Waals surface area contributed by atoms with Crippen LogP contribution in [0.15, 0.2) is 30.3 Å². The SMILES string of the molecule is CCOc1ccc2cc(N3CCN(C(C)C)CC3)ccc2n1. The van der Waals surface area contributed by atoms with E-state index >= 15 is 0 Å². The molecule has 4 heteroatoms. The summed E-state index contributed by atoms with van der Waals surface area (Å²) >= 11 is 0. The van der Waals surface area contributed by atoms with Crippen LogP contribution in [-0.4, -0.2) is 48.7 Å². The minimum Gasteiger partial charge on any atom is -0.478 e. The van der Waals surface area contributed by atoms with Gasteiger partial charge in [-0.05, 0) is 45.0 Å². The zero-order chi connectivity index (χ0) is 15.5. The second kappa shape index (κ2) is 6.53. The molecule has 0 bridgehead atoms. The Kier molecular flexibility index (Phi) is 4.48. The quantitative estimate of drug-likeness (QED) is 0.867. The predicted octanol–water partition coefficient (Wildman–Crippen LogP) is 3.16. The van der Waals surface area contributed by atoms with Crippen LogP contribution < -0.4 is 9.64 Å². The van der Waals surface area contributed by atoms with E-state index in [-0.39, 0.29) is 0 Å². The van der Waals surface area contributed by atoms with E-state index in [4.69, 9.17) is 4.74 Å². The topological polar surface area (TPSA) is 28.6 Å². The summed E-state index contributed by atoms with van der Waals surface area (Å²) in [4.78, 5) is 9.54. The van der Waals surface area contributed by atoms with E-state index in [2.05, 4.69) is 52.9 Å². The third kappa shape index (κ3) is 3.17. The minimum atomic E-state index is 0.639. The maximum absolute atomic E-state index is 5.47. The normalized spacial score (nSPS) is 16.5. The second-order valence-electron chi connectivity index (χ2n) is 6.08. The zero-order valence-electron chi connectivity index (χ0n) is 13.7. The fraction of sp³-hybridized carbons (Fsp3) is 0.500. The Morgan fingerprint density at radius 3 is 2.55 bits per heavy atom. The van der Waals surface area contributed by atoms with E-state index in [9.17, 15) is 0 Å². The molecule has 0 saturated carbocycles. The number of anilines is 1. The molecule has 1 aromatic heterocycles. The van der Waals surface area contributed by atoms with Crippen molar-refractivity contribution in [3.8, 4) is 5.88 Å². The molecule has 0 atom stereocenters. The van der Waals surface area contributed by atoms with Crippen LogP contribution in [0.3, 0.4) is 0 Å². The number of fused-ring (bicyclic) bond motifs is 1. The molecule has 1 aliphatic rings. The minimum absolute atomic E-state index is 0.639. The standard InChI is InChI=1S/C18H25N3O/c1-4-22-18-8-5-15-13-16(6-7-17(15)19-18)21-11-9-20(10-12-21)14(2)3/h5-8,13-14H,4,9-12H2,1-3H3. The van der Waals surface area contributed by atoms with Crippen LogP contribution in [0, 0.1) is 0 Å². The molecule has 0 aliphatic carbocycles. The maximum atomic E-state index is 5.47. The fourth-order valence-corrected chi connectivity index (χ4v) is 3.02. The molecular weight excluding hydrogens is 274 g/mol. The molecule has 22 heavy (non-hydrogen) atoms. The van der Waals surface area contributed by atoms with Crippen LogP contribution in [0.1, 0.15) is 20.8 Å². The predicted molar refractivity (Wildman–Crippen MR) is 91.8 cm³/mol. The van der Waals surface area contributed by atoms with Gasteiger partial charge in [-0.3, -0.25) is 4.90 Å². The van der Waals surface area contributed by atoms with Gasteiger partial charge in [0.2, 0.25) is 5.88 Å². The van der Waals surface area contributed by atoms with Crippen molar-refractivity contribution in [3.63, 3.8) is 0 Å². The third-order valence-electron chi connectivity index (χ3n) is 4.35. The van der Waals surface area contributed by atoms with Gasteiger partial charge in [0.05, 0.1) is 12.1 Å². The summed E-state index contributed by atoms with van der Waals surface area (Å²) in [6, 6.07) is 11.2. The van der Waals surface area contributed by atoms with E-state index in [1.807, 2.05) is 13.0 Å². The van der Waals surface area contributed by atoms with Gasteiger partial charge >= 0.3 is 0 Å². The molecule has 4 nitrogen and oxygen atoms in total. The number of pyridine rings is 1. The number of hydrogen-bond donors (Lipinski definition) is 0. The first-order valence-electron chi connectivity index (χ1n) is 8.20. The summed E-state index contributed by atoms with van der Waals surface area (Å²) in [5.74, 6) is 0.702. The molecule has 0 N–H and O–H groups in total. The number of hydrogen-bond acceptors (Lipinski definition) is 4. The number of rotatable bonds is 4. The van der Waals surface area contributed by atoms with Crippen LogP contribution in [0.5, 0.6) is 5.88 Å². The van der Waals surface area contributed by atoms with Crippen molar-refractivity contribution < 1.29 is 4.74 Å². The van der Waals surface area contributed by atoms with E-state index in [1.54, 1.807) is 0 Å². The monoisotopic (exact) mass is 299 g/mol. The van der Waals surface area contributed by atoms with E-state index in [0.29, 0.717) is 18.5 Å². The molecule has 2 aromatic rings. The Balaban J connectivity index is 1.76. The van der Waals surface area contributed by atoms with Crippen LogP contribution >= 0.6 is 0 Å². The number of ether oxygens (including phenoxy) is 1. The van der Waals surface area contributed by atoms with Crippen molar-refractivity contribution in [2.75, 3.05) is 37.7 Å². The molecule has 0 amide bonds. The number of nitrogens with zero attached hydrogens (tertiary/aromatic N) is 3. The van der Waals surface area contributed by atoms with Crippen molar-refractivity contribution in [2.24, 2.45) is 0 Å². The van der Waals surface area contributed by atoms with Crippen LogP contribution in [-0.2, 0) is 0 Å². The molecule has 1 fully saturated rings. The Hall–Kier alpha value is -1.81. The molecule has 118 valence electrons. The molecule has 1 aromatic carbocycles. The van der Waals surface area contributed by atoms with Gasteiger partial charge in [0, 0.05) is 49.4 Å². The summed E-state index contributed by atoms with van der Waals surface area (Å²) in [6.45, 7) is 11.6. The van der Waals surface area contributed by atoms with Crippen molar-refractivity contribution in [3.05, 3.63) is 30.3 Å². The summed E-state index contributed by atoms with van der Waals surface area (Å²) in [5.41, 5.74) is 2.29. The number of aromatic nitrogens is 1. The Morgan fingerprint density at radius 2 is 1.86 bits per heavy atom. The van der Waals surface area contributed by atoms with Gasteiger partial charge < -0.3 is 9.64 Å². The van der Waals surface area contributed by atoms with Crippen molar-refractivity contribution in [1.82, 2.24) is 9.88 Å². The van der Waals surface area contributed by atoms with Crippen LogP contribution in [0.2, 0.25) is 0 Å². The lowest BCUT2D eigenvalue weighted by atomic mass is 10.1. The van der Waals surface area contributed by atoms with Gasteiger partial charge in [-0.25, -0.2) is 4.98 Å². The molecule has 2 heterocycles. The zero-order valence-corrected chi connectivity index (χ0v) is 13.7. The Labute approximate surface area is 132 Å². The lowest BCUT2D eigenvalue weighted by molar-refractivity contribution is 0.209.